The highest BCUT2D eigenvalue weighted by atomic mass is 19.1. The van der Waals surface area contributed by atoms with Crippen molar-refractivity contribution in [3.63, 3.8) is 0 Å². The van der Waals surface area contributed by atoms with Gasteiger partial charge in [0.25, 0.3) is 0 Å². The summed E-state index contributed by atoms with van der Waals surface area (Å²) in [6.07, 6.45) is 1.95. The first-order chi connectivity index (χ1) is 7.89. The van der Waals surface area contributed by atoms with Gasteiger partial charge in [-0.25, -0.2) is 9.18 Å². The molecule has 6 heteroatoms. The molecule has 2 fully saturated rings. The molecule has 106 valence electrons. The molecular weight excluding hydrogens is 243 g/mol. The average molecular weight is 264 g/mol. The summed E-state index contributed by atoms with van der Waals surface area (Å²) >= 11 is 0. The van der Waals surface area contributed by atoms with Crippen molar-refractivity contribution in [2.45, 2.75) is 44.9 Å². The number of aliphatic hydroxyl groups excluding tert-OH is 1. The number of esters is 1. The molecule has 2 rings (SSSR count). The van der Waals surface area contributed by atoms with E-state index in [1.807, 2.05) is 0 Å². The zero-order valence-corrected chi connectivity index (χ0v) is 10.9. The maximum Gasteiger partial charge on any atom is 0.344 e. The lowest BCUT2D eigenvalue weighted by atomic mass is 9.96. The van der Waals surface area contributed by atoms with Gasteiger partial charge in [0.2, 0.25) is 5.67 Å². The number of ketones is 1. The molecule has 2 aliphatic rings. The van der Waals surface area contributed by atoms with Gasteiger partial charge in [-0.1, -0.05) is 0 Å². The van der Waals surface area contributed by atoms with Crippen molar-refractivity contribution in [1.29, 1.82) is 0 Å². The summed E-state index contributed by atoms with van der Waals surface area (Å²) in [6, 6.07) is 0. The smallest absolute Gasteiger partial charge is 0.344 e. The first kappa shape index (κ1) is 17.0. The Hall–Kier alpha value is -1.01. The van der Waals surface area contributed by atoms with Crippen molar-refractivity contribution in [2.24, 2.45) is 11.8 Å². The average Bonchev–Trinajstić information content (AvgIpc) is 2.83. The monoisotopic (exact) mass is 264 g/mol. The van der Waals surface area contributed by atoms with Gasteiger partial charge < -0.3 is 15.3 Å². The van der Waals surface area contributed by atoms with Gasteiger partial charge in [-0.05, 0) is 33.1 Å². The first-order valence-electron chi connectivity index (χ1n) is 5.78. The lowest BCUT2D eigenvalue weighted by molar-refractivity contribution is -0.167. The fourth-order valence-electron chi connectivity index (χ4n) is 2.42. The Morgan fingerprint density at radius 1 is 1.39 bits per heavy atom. The second-order valence-corrected chi connectivity index (χ2v) is 4.97. The molecule has 2 saturated carbocycles. The number of fused-ring (bicyclic) bond motifs is 2. The SMILES string of the molecule is CC(C)(F)C(=O)OC1C(=O)C2CCC1C2.CO.O. The molecule has 2 bridgehead atoms. The molecule has 5 nitrogen and oxygen atoms in total. The second kappa shape index (κ2) is 6.24. The Bertz CT molecular complexity index is 310. The Morgan fingerprint density at radius 3 is 2.33 bits per heavy atom. The van der Waals surface area contributed by atoms with Crippen LogP contribution in [0.1, 0.15) is 33.1 Å². The molecule has 3 atom stereocenters. The third-order valence-corrected chi connectivity index (χ3v) is 3.30. The van der Waals surface area contributed by atoms with Gasteiger partial charge in [-0.2, -0.15) is 0 Å². The summed E-state index contributed by atoms with van der Waals surface area (Å²) in [5, 5.41) is 7.00. The maximum atomic E-state index is 13.2. The van der Waals surface area contributed by atoms with Crippen LogP contribution in [-0.4, -0.2) is 41.2 Å². The van der Waals surface area contributed by atoms with E-state index in [2.05, 4.69) is 0 Å². The molecule has 0 saturated heterocycles. The molecular formula is C12H21FO5. The predicted octanol–water partition coefficient (Wildman–Crippen LogP) is 0.429. The van der Waals surface area contributed by atoms with E-state index >= 15 is 0 Å². The summed E-state index contributed by atoms with van der Waals surface area (Å²) in [5.74, 6) is -0.749. The van der Waals surface area contributed by atoms with Crippen LogP contribution >= 0.6 is 0 Å². The minimum Gasteiger partial charge on any atom is -0.452 e. The molecule has 0 spiro atoms. The lowest BCUT2D eigenvalue weighted by Gasteiger charge is -2.23. The third-order valence-electron chi connectivity index (χ3n) is 3.30. The Kier molecular flexibility index (Phi) is 5.89. The number of rotatable bonds is 2. The number of alkyl halides is 1. The number of hydrogen-bond acceptors (Lipinski definition) is 4. The minimum absolute atomic E-state index is 0. The number of Topliss-reactive ketones (excluding diaryl/α,β-unsaturated/α-hetero) is 1. The fraction of sp³-hybridized carbons (Fsp3) is 0.833. The van der Waals surface area contributed by atoms with Crippen LogP contribution in [0.3, 0.4) is 0 Å². The van der Waals surface area contributed by atoms with Crippen molar-refractivity contribution >= 4 is 11.8 Å². The highest BCUT2D eigenvalue weighted by molar-refractivity contribution is 5.91. The van der Waals surface area contributed by atoms with Crippen LogP contribution in [0.15, 0.2) is 0 Å². The number of halogens is 1. The van der Waals surface area contributed by atoms with E-state index in [1.54, 1.807) is 0 Å². The van der Waals surface area contributed by atoms with Crippen LogP contribution in [0.5, 0.6) is 0 Å². The van der Waals surface area contributed by atoms with Crippen LogP contribution in [0.2, 0.25) is 0 Å². The van der Waals surface area contributed by atoms with Crippen molar-refractivity contribution in [3.05, 3.63) is 0 Å². The Labute approximate surface area is 106 Å². The van der Waals surface area contributed by atoms with Gasteiger partial charge in [0.1, 0.15) is 0 Å². The largest absolute Gasteiger partial charge is 0.452 e. The summed E-state index contributed by atoms with van der Waals surface area (Å²) in [6.45, 7) is 2.29. The first-order valence-corrected chi connectivity index (χ1v) is 5.78. The van der Waals surface area contributed by atoms with E-state index in [1.165, 1.54) is 0 Å². The van der Waals surface area contributed by atoms with Crippen LogP contribution in [0.25, 0.3) is 0 Å². The molecule has 0 radical (unpaired) electrons. The molecule has 0 aromatic heterocycles. The molecule has 18 heavy (non-hydrogen) atoms. The lowest BCUT2D eigenvalue weighted by Crippen LogP contribution is -2.38. The molecule has 0 aromatic rings. The quantitative estimate of drug-likeness (QED) is 0.731. The normalized spacial score (nSPS) is 29.2. The van der Waals surface area contributed by atoms with Gasteiger partial charge >= 0.3 is 5.97 Å². The fourth-order valence-corrected chi connectivity index (χ4v) is 2.42. The maximum absolute atomic E-state index is 13.2. The molecule has 2 aliphatic carbocycles. The molecule has 0 amide bonds. The van der Waals surface area contributed by atoms with Crippen LogP contribution in [0, 0.1) is 11.8 Å². The second-order valence-electron chi connectivity index (χ2n) is 4.97. The summed E-state index contributed by atoms with van der Waals surface area (Å²) < 4.78 is 18.2. The van der Waals surface area contributed by atoms with Crippen LogP contribution < -0.4 is 0 Å². The molecule has 0 heterocycles. The zero-order valence-electron chi connectivity index (χ0n) is 10.9. The predicted molar refractivity (Wildman–Crippen MR) is 62.7 cm³/mol. The van der Waals surface area contributed by atoms with E-state index in [0.29, 0.717) is 0 Å². The van der Waals surface area contributed by atoms with Gasteiger partial charge in [0.15, 0.2) is 11.9 Å². The van der Waals surface area contributed by atoms with Gasteiger partial charge in [-0.3, -0.25) is 4.79 Å². The summed E-state index contributed by atoms with van der Waals surface area (Å²) in [5.41, 5.74) is -2.01. The summed E-state index contributed by atoms with van der Waals surface area (Å²) in [4.78, 5) is 22.9. The van der Waals surface area contributed by atoms with Gasteiger partial charge in [0, 0.05) is 18.9 Å². The number of ether oxygens (including phenoxy) is 1. The van der Waals surface area contributed by atoms with Gasteiger partial charge in [-0.15, -0.1) is 0 Å². The molecule has 0 aromatic carbocycles. The minimum atomic E-state index is -2.01. The number of carbonyl (C=O) groups excluding carboxylic acids is 2. The van der Waals surface area contributed by atoms with Crippen LogP contribution in [-0.2, 0) is 14.3 Å². The Balaban J connectivity index is 0.000000917. The van der Waals surface area contributed by atoms with Crippen molar-refractivity contribution in [3.8, 4) is 0 Å². The van der Waals surface area contributed by atoms with E-state index in [4.69, 9.17) is 9.84 Å². The molecule has 0 aliphatic heterocycles. The van der Waals surface area contributed by atoms with Crippen LogP contribution in [0.4, 0.5) is 4.39 Å². The van der Waals surface area contributed by atoms with E-state index in [0.717, 1.165) is 40.2 Å². The summed E-state index contributed by atoms with van der Waals surface area (Å²) in [7, 11) is 1.00. The van der Waals surface area contributed by atoms with E-state index in [9.17, 15) is 14.0 Å². The number of hydrogen-bond donors (Lipinski definition) is 1. The molecule has 3 unspecified atom stereocenters. The zero-order chi connectivity index (χ0) is 13.2. The number of aliphatic hydroxyl groups is 1. The highest BCUT2D eigenvalue weighted by Crippen LogP contribution is 2.43. The van der Waals surface area contributed by atoms with E-state index in [-0.39, 0.29) is 23.1 Å². The van der Waals surface area contributed by atoms with Crippen molar-refractivity contribution in [2.75, 3.05) is 7.11 Å². The van der Waals surface area contributed by atoms with E-state index < -0.39 is 17.7 Å². The third kappa shape index (κ3) is 3.26. The standard InChI is InChI=1S/C11H15FO3.CH4O.H2O/c1-11(2,12)10(14)15-9-7-4-3-6(5-7)8(9)13;1-2;/h6-7,9H,3-5H2,1-2H3;2H,1H3;1H2. The number of carbonyl (C=O) groups is 2. The topological polar surface area (TPSA) is 95.1 Å². The Morgan fingerprint density at radius 2 is 1.94 bits per heavy atom. The van der Waals surface area contributed by atoms with Crippen molar-refractivity contribution in [1.82, 2.24) is 0 Å². The van der Waals surface area contributed by atoms with Gasteiger partial charge in [0.05, 0.1) is 0 Å². The highest BCUT2D eigenvalue weighted by Gasteiger charge is 2.50. The van der Waals surface area contributed by atoms with Crippen molar-refractivity contribution < 1.29 is 29.3 Å². The molecule has 3 N–H and O–H groups in total.